The van der Waals surface area contributed by atoms with Gasteiger partial charge in [-0.05, 0) is 55.4 Å². The van der Waals surface area contributed by atoms with Gasteiger partial charge in [-0.15, -0.1) is 0 Å². The maximum Gasteiger partial charge on any atom is 0.319 e. The molecule has 2 aliphatic carbocycles. The maximum absolute atomic E-state index is 12.6. The highest BCUT2D eigenvalue weighted by atomic mass is 79.9. The number of carbonyl (C=O) groups excluding carboxylic acids is 1. The van der Waals surface area contributed by atoms with Gasteiger partial charge in [0.2, 0.25) is 5.91 Å². The number of hydrogen-bond acceptors (Lipinski definition) is 2. The summed E-state index contributed by atoms with van der Waals surface area (Å²) in [6.07, 6.45) is 3.76. The first-order valence-electron chi connectivity index (χ1n) is 7.29. The molecule has 0 aliphatic heterocycles. The van der Waals surface area contributed by atoms with Crippen LogP contribution in [0.2, 0.25) is 0 Å². The molecule has 1 aromatic carbocycles. The summed E-state index contributed by atoms with van der Waals surface area (Å²) in [6.45, 7) is 1.90. The monoisotopic (exact) mass is 351 g/mol. The molecule has 0 aromatic heterocycles. The van der Waals surface area contributed by atoms with Gasteiger partial charge >= 0.3 is 5.97 Å². The van der Waals surface area contributed by atoms with Crippen LogP contribution in [-0.2, 0) is 9.59 Å². The van der Waals surface area contributed by atoms with Crippen LogP contribution in [0.15, 0.2) is 22.7 Å². The molecule has 0 radical (unpaired) electrons. The Labute approximate surface area is 132 Å². The number of halogens is 1. The van der Waals surface area contributed by atoms with Crippen molar-refractivity contribution in [3.63, 3.8) is 0 Å². The van der Waals surface area contributed by atoms with E-state index < -0.39 is 11.4 Å². The second kappa shape index (κ2) is 5.13. The maximum atomic E-state index is 12.6. The van der Waals surface area contributed by atoms with Crippen LogP contribution in [0.1, 0.15) is 31.2 Å². The van der Waals surface area contributed by atoms with Crippen LogP contribution in [0.3, 0.4) is 0 Å². The van der Waals surface area contributed by atoms with Gasteiger partial charge in [-0.1, -0.05) is 28.8 Å². The van der Waals surface area contributed by atoms with Crippen molar-refractivity contribution in [2.45, 2.75) is 32.6 Å². The molecule has 5 heteroatoms. The number of benzene rings is 1. The molecule has 1 aromatic rings. The van der Waals surface area contributed by atoms with Crippen LogP contribution in [0.25, 0.3) is 0 Å². The minimum atomic E-state index is -1.20. The van der Waals surface area contributed by atoms with Crippen molar-refractivity contribution in [1.82, 2.24) is 0 Å². The summed E-state index contributed by atoms with van der Waals surface area (Å²) in [7, 11) is 0. The highest BCUT2D eigenvalue weighted by Gasteiger charge is 2.74. The van der Waals surface area contributed by atoms with Gasteiger partial charge in [-0.2, -0.15) is 0 Å². The number of aliphatic carboxylic acids is 1. The predicted octanol–water partition coefficient (Wildman–Crippen LogP) is 3.59. The van der Waals surface area contributed by atoms with Crippen LogP contribution >= 0.6 is 15.9 Å². The lowest BCUT2D eigenvalue weighted by Crippen LogP contribution is -2.34. The third-order valence-corrected chi connectivity index (χ3v) is 5.49. The van der Waals surface area contributed by atoms with Gasteiger partial charge in [0.15, 0.2) is 5.41 Å². The summed E-state index contributed by atoms with van der Waals surface area (Å²) in [5.41, 5.74) is 0.407. The number of nitrogens with one attached hydrogen (secondary N) is 1. The minimum Gasteiger partial charge on any atom is -0.480 e. The zero-order valence-electron chi connectivity index (χ0n) is 11.9. The van der Waals surface area contributed by atoms with Gasteiger partial charge in [-0.25, -0.2) is 0 Å². The molecule has 1 amide bonds. The van der Waals surface area contributed by atoms with E-state index >= 15 is 0 Å². The first-order chi connectivity index (χ1) is 9.97. The summed E-state index contributed by atoms with van der Waals surface area (Å²) >= 11 is 3.38. The molecule has 0 heterocycles. The Morgan fingerprint density at radius 2 is 1.90 bits per heavy atom. The molecule has 2 saturated carbocycles. The fourth-order valence-electron chi connectivity index (χ4n) is 3.87. The molecular formula is C16H18BrNO3. The summed E-state index contributed by atoms with van der Waals surface area (Å²) in [6, 6.07) is 5.55. The normalized spacial score (nSPS) is 30.4. The van der Waals surface area contributed by atoms with Crippen molar-refractivity contribution in [2.75, 3.05) is 5.32 Å². The standard InChI is InChI=1S/C16H18BrNO3/c1-9-8-10(17)6-7-13(9)18-14(19)16(15(20)21)11-4-2-3-5-12(11)16/h6-8,11-12H,2-5H2,1H3,(H,18,19)(H,20,21). The third-order valence-electron chi connectivity index (χ3n) is 4.99. The first kappa shape index (κ1) is 14.6. The second-order valence-electron chi connectivity index (χ2n) is 6.08. The summed E-state index contributed by atoms with van der Waals surface area (Å²) in [4.78, 5) is 24.4. The van der Waals surface area contributed by atoms with E-state index in [1.54, 1.807) is 6.07 Å². The van der Waals surface area contributed by atoms with E-state index in [-0.39, 0.29) is 17.7 Å². The highest BCUT2D eigenvalue weighted by Crippen LogP contribution is 2.66. The van der Waals surface area contributed by atoms with Crippen molar-refractivity contribution >= 4 is 33.5 Å². The Hall–Kier alpha value is -1.36. The van der Waals surface area contributed by atoms with Crippen molar-refractivity contribution in [3.05, 3.63) is 28.2 Å². The van der Waals surface area contributed by atoms with Gasteiger partial charge < -0.3 is 10.4 Å². The Bertz CT molecular complexity index is 602. The number of carboxylic acids is 1. The van der Waals surface area contributed by atoms with Crippen molar-refractivity contribution in [1.29, 1.82) is 0 Å². The number of fused-ring (bicyclic) bond motifs is 1. The first-order valence-corrected chi connectivity index (χ1v) is 8.08. The fourth-order valence-corrected chi connectivity index (χ4v) is 4.34. The summed E-state index contributed by atoms with van der Waals surface area (Å²) in [5.74, 6) is -1.29. The van der Waals surface area contributed by atoms with Gasteiger partial charge in [-0.3, -0.25) is 9.59 Å². The predicted molar refractivity (Wildman–Crippen MR) is 83.0 cm³/mol. The van der Waals surface area contributed by atoms with Gasteiger partial charge in [0.05, 0.1) is 0 Å². The molecule has 2 N–H and O–H groups in total. The van der Waals surface area contributed by atoms with Crippen LogP contribution in [0.5, 0.6) is 0 Å². The third kappa shape index (κ3) is 2.18. The van der Waals surface area contributed by atoms with E-state index in [9.17, 15) is 14.7 Å². The molecule has 4 nitrogen and oxygen atoms in total. The molecule has 3 rings (SSSR count). The molecule has 2 atom stereocenters. The Morgan fingerprint density at radius 3 is 2.43 bits per heavy atom. The van der Waals surface area contributed by atoms with Crippen LogP contribution in [0, 0.1) is 24.2 Å². The molecule has 2 aliphatic rings. The van der Waals surface area contributed by atoms with Gasteiger partial charge in [0.25, 0.3) is 0 Å². The smallest absolute Gasteiger partial charge is 0.319 e. The van der Waals surface area contributed by atoms with E-state index in [1.807, 2.05) is 19.1 Å². The molecule has 0 saturated heterocycles. The number of hydrogen-bond donors (Lipinski definition) is 2. The topological polar surface area (TPSA) is 66.4 Å². The van der Waals surface area contributed by atoms with E-state index in [2.05, 4.69) is 21.2 Å². The Kier molecular flexibility index (Phi) is 3.56. The van der Waals surface area contributed by atoms with E-state index in [0.29, 0.717) is 5.69 Å². The van der Waals surface area contributed by atoms with E-state index in [4.69, 9.17) is 0 Å². The molecule has 21 heavy (non-hydrogen) atoms. The highest BCUT2D eigenvalue weighted by molar-refractivity contribution is 9.10. The zero-order valence-corrected chi connectivity index (χ0v) is 13.4. The average Bonchev–Trinajstić information content (AvgIpc) is 3.12. The molecular weight excluding hydrogens is 334 g/mol. The van der Waals surface area contributed by atoms with Gasteiger partial charge in [0.1, 0.15) is 0 Å². The Morgan fingerprint density at radius 1 is 1.29 bits per heavy atom. The molecule has 2 fully saturated rings. The largest absolute Gasteiger partial charge is 0.480 e. The second-order valence-corrected chi connectivity index (χ2v) is 7.00. The number of anilines is 1. The molecule has 2 unspecified atom stereocenters. The quantitative estimate of drug-likeness (QED) is 0.817. The lowest BCUT2D eigenvalue weighted by Gasteiger charge is -2.15. The van der Waals surface area contributed by atoms with Crippen molar-refractivity contribution in [3.8, 4) is 0 Å². The van der Waals surface area contributed by atoms with Crippen LogP contribution in [0.4, 0.5) is 5.69 Å². The molecule has 0 spiro atoms. The number of aryl methyl sites for hydroxylation is 1. The molecule has 0 bridgehead atoms. The number of carboxylic acid groups (broad SMARTS) is 1. The SMILES string of the molecule is Cc1cc(Br)ccc1NC(=O)C1(C(=O)O)C2CCCCC21. The van der Waals surface area contributed by atoms with Crippen molar-refractivity contribution in [2.24, 2.45) is 17.3 Å². The van der Waals surface area contributed by atoms with Gasteiger partial charge in [0, 0.05) is 10.2 Å². The van der Waals surface area contributed by atoms with E-state index in [0.717, 1.165) is 35.7 Å². The summed E-state index contributed by atoms with van der Waals surface area (Å²) < 4.78 is 0.936. The molecule has 112 valence electrons. The van der Waals surface area contributed by atoms with Crippen LogP contribution < -0.4 is 5.32 Å². The fraction of sp³-hybridized carbons (Fsp3) is 0.500. The number of amides is 1. The number of rotatable bonds is 3. The number of carbonyl (C=O) groups is 2. The lowest BCUT2D eigenvalue weighted by molar-refractivity contribution is -0.148. The zero-order chi connectivity index (χ0) is 15.2. The average molecular weight is 352 g/mol. The van der Waals surface area contributed by atoms with Crippen molar-refractivity contribution < 1.29 is 14.7 Å². The summed E-state index contributed by atoms with van der Waals surface area (Å²) in [5, 5.41) is 12.5. The lowest BCUT2D eigenvalue weighted by atomic mass is 9.99. The minimum absolute atomic E-state index is 0.0134. The van der Waals surface area contributed by atoms with Crippen LogP contribution in [-0.4, -0.2) is 17.0 Å². The Balaban J connectivity index is 1.85. The van der Waals surface area contributed by atoms with E-state index in [1.165, 1.54) is 0 Å².